The van der Waals surface area contributed by atoms with E-state index in [9.17, 15) is 8.42 Å². The van der Waals surface area contributed by atoms with Gasteiger partial charge in [-0.25, -0.2) is 13.4 Å². The first-order valence-electron chi connectivity index (χ1n) is 8.09. The summed E-state index contributed by atoms with van der Waals surface area (Å²) in [6.45, 7) is 7.68. The molecule has 24 heavy (non-hydrogen) atoms. The molecule has 1 aliphatic heterocycles. The Morgan fingerprint density at radius 2 is 2.17 bits per heavy atom. The summed E-state index contributed by atoms with van der Waals surface area (Å²) in [7, 11) is -3.62. The molecule has 132 valence electrons. The van der Waals surface area contributed by atoms with Crippen LogP contribution in [0.5, 0.6) is 0 Å². The zero-order valence-corrected chi connectivity index (χ0v) is 15.0. The smallest absolute Gasteiger partial charge is 0.262 e. The molecule has 0 amide bonds. The molecule has 3 heterocycles. The van der Waals surface area contributed by atoms with Crippen molar-refractivity contribution in [3.05, 3.63) is 30.5 Å². The summed E-state index contributed by atoms with van der Waals surface area (Å²) in [5, 5.41) is 4.32. The molecule has 0 saturated carbocycles. The van der Waals surface area contributed by atoms with Crippen LogP contribution in [0.2, 0.25) is 0 Å². The number of aryl methyl sites for hydroxylation is 1. The van der Waals surface area contributed by atoms with Crippen molar-refractivity contribution >= 4 is 10.0 Å². The Morgan fingerprint density at radius 1 is 1.38 bits per heavy atom. The molecule has 0 radical (unpaired) electrons. The van der Waals surface area contributed by atoms with E-state index in [4.69, 9.17) is 4.74 Å². The standard InChI is InChI=1S/C15H23N5O3S/c1-4-19-8-13(7-17-19)14-9-20(5-6-23-14)24(21,22)15-10-18(11-16-15)12(2)3/h7-8,10-12,14H,4-6,9H2,1-3H3. The molecular weight excluding hydrogens is 330 g/mol. The molecule has 3 rings (SSSR count). The Kier molecular flexibility index (Phi) is 4.75. The van der Waals surface area contributed by atoms with Crippen LogP contribution in [0, 0.1) is 0 Å². The minimum absolute atomic E-state index is 0.0844. The predicted molar refractivity (Wildman–Crippen MR) is 88.0 cm³/mol. The Morgan fingerprint density at radius 3 is 2.79 bits per heavy atom. The highest BCUT2D eigenvalue weighted by molar-refractivity contribution is 7.89. The largest absolute Gasteiger partial charge is 0.371 e. The molecule has 9 heteroatoms. The van der Waals surface area contributed by atoms with Crippen LogP contribution in [0.25, 0.3) is 0 Å². The minimum atomic E-state index is -3.62. The van der Waals surface area contributed by atoms with Gasteiger partial charge in [-0.15, -0.1) is 0 Å². The topological polar surface area (TPSA) is 82.2 Å². The van der Waals surface area contributed by atoms with Gasteiger partial charge in [0.1, 0.15) is 0 Å². The number of nitrogens with zero attached hydrogens (tertiary/aromatic N) is 5. The van der Waals surface area contributed by atoms with Crippen LogP contribution in [0.3, 0.4) is 0 Å². The van der Waals surface area contributed by atoms with Crippen LogP contribution in [0.15, 0.2) is 29.9 Å². The second-order valence-electron chi connectivity index (χ2n) is 6.10. The number of sulfonamides is 1. The predicted octanol–water partition coefficient (Wildman–Crippen LogP) is 1.44. The maximum Gasteiger partial charge on any atom is 0.262 e. The molecule has 1 unspecified atom stereocenters. The molecule has 0 N–H and O–H groups in total. The highest BCUT2D eigenvalue weighted by atomic mass is 32.2. The lowest BCUT2D eigenvalue weighted by Crippen LogP contribution is -2.42. The van der Waals surface area contributed by atoms with Gasteiger partial charge in [-0.3, -0.25) is 4.68 Å². The average Bonchev–Trinajstić information content (AvgIpc) is 3.24. The first-order valence-corrected chi connectivity index (χ1v) is 9.53. The summed E-state index contributed by atoms with van der Waals surface area (Å²) in [5.74, 6) is 0. The minimum Gasteiger partial charge on any atom is -0.371 e. The van der Waals surface area contributed by atoms with Gasteiger partial charge in [-0.2, -0.15) is 9.40 Å². The van der Waals surface area contributed by atoms with Crippen molar-refractivity contribution in [2.24, 2.45) is 0 Å². The van der Waals surface area contributed by atoms with Crippen LogP contribution in [0.4, 0.5) is 0 Å². The van der Waals surface area contributed by atoms with Crippen LogP contribution in [0.1, 0.15) is 38.5 Å². The van der Waals surface area contributed by atoms with E-state index in [2.05, 4.69) is 10.1 Å². The second-order valence-corrected chi connectivity index (χ2v) is 7.99. The van der Waals surface area contributed by atoms with Crippen molar-refractivity contribution < 1.29 is 13.2 Å². The number of hydrogen-bond acceptors (Lipinski definition) is 5. The van der Waals surface area contributed by atoms with Crippen LogP contribution in [-0.2, 0) is 21.3 Å². The van der Waals surface area contributed by atoms with Crippen molar-refractivity contribution in [1.82, 2.24) is 23.6 Å². The zero-order valence-electron chi connectivity index (χ0n) is 14.2. The number of aromatic nitrogens is 4. The summed E-state index contributed by atoms with van der Waals surface area (Å²) >= 11 is 0. The molecule has 1 fully saturated rings. The molecule has 0 spiro atoms. The Bertz CT molecular complexity index is 796. The third-order valence-electron chi connectivity index (χ3n) is 4.16. The van der Waals surface area contributed by atoms with Gasteiger partial charge < -0.3 is 9.30 Å². The molecule has 1 atom stereocenters. The fourth-order valence-corrected chi connectivity index (χ4v) is 3.98. The monoisotopic (exact) mass is 353 g/mol. The van der Waals surface area contributed by atoms with Crippen LogP contribution < -0.4 is 0 Å². The van der Waals surface area contributed by atoms with Crippen molar-refractivity contribution in [3.63, 3.8) is 0 Å². The van der Waals surface area contributed by atoms with E-state index in [0.717, 1.165) is 12.1 Å². The average molecular weight is 353 g/mol. The van der Waals surface area contributed by atoms with Crippen molar-refractivity contribution in [2.75, 3.05) is 19.7 Å². The van der Waals surface area contributed by atoms with Crippen molar-refractivity contribution in [2.45, 2.75) is 44.5 Å². The zero-order chi connectivity index (χ0) is 17.3. The van der Waals surface area contributed by atoms with E-state index in [1.165, 1.54) is 4.31 Å². The molecular formula is C15H23N5O3S. The first-order chi connectivity index (χ1) is 11.4. The van der Waals surface area contributed by atoms with E-state index in [1.807, 2.05) is 27.0 Å². The summed E-state index contributed by atoms with van der Waals surface area (Å²) in [4.78, 5) is 4.08. The SMILES string of the molecule is CCn1cc(C2CN(S(=O)(=O)c3cn(C(C)C)cn3)CCO2)cn1. The second kappa shape index (κ2) is 6.66. The molecule has 0 bridgehead atoms. The van der Waals surface area contributed by atoms with Gasteiger partial charge in [-0.05, 0) is 20.8 Å². The number of rotatable bonds is 5. The summed E-state index contributed by atoms with van der Waals surface area (Å²) in [5.41, 5.74) is 0.893. The lowest BCUT2D eigenvalue weighted by Gasteiger charge is -2.31. The molecule has 2 aromatic rings. The van der Waals surface area contributed by atoms with Gasteiger partial charge >= 0.3 is 0 Å². The highest BCUT2D eigenvalue weighted by Crippen LogP contribution is 2.26. The number of imidazole rings is 1. The van der Waals surface area contributed by atoms with E-state index < -0.39 is 10.0 Å². The Balaban J connectivity index is 1.79. The molecule has 1 saturated heterocycles. The summed E-state index contributed by atoms with van der Waals surface area (Å²) in [6.07, 6.45) is 6.47. The normalized spacial score (nSPS) is 19.9. The molecule has 0 aliphatic carbocycles. The summed E-state index contributed by atoms with van der Waals surface area (Å²) in [6, 6.07) is 0.166. The maximum atomic E-state index is 12.8. The van der Waals surface area contributed by atoms with Crippen LogP contribution >= 0.6 is 0 Å². The first kappa shape index (κ1) is 17.1. The molecule has 1 aliphatic rings. The highest BCUT2D eigenvalue weighted by Gasteiger charge is 2.33. The van der Waals surface area contributed by atoms with E-state index in [-0.39, 0.29) is 23.7 Å². The van der Waals surface area contributed by atoms with E-state index in [0.29, 0.717) is 13.2 Å². The number of ether oxygens (including phenoxy) is 1. The molecule has 2 aromatic heterocycles. The molecule has 8 nitrogen and oxygen atoms in total. The number of hydrogen-bond donors (Lipinski definition) is 0. The van der Waals surface area contributed by atoms with Crippen LogP contribution in [-0.4, -0.2) is 51.8 Å². The van der Waals surface area contributed by atoms with Crippen molar-refractivity contribution in [1.29, 1.82) is 0 Å². The number of morpholine rings is 1. The van der Waals surface area contributed by atoms with Crippen molar-refractivity contribution in [3.8, 4) is 0 Å². The Hall–Kier alpha value is -1.71. The van der Waals surface area contributed by atoms with E-state index >= 15 is 0 Å². The summed E-state index contributed by atoms with van der Waals surface area (Å²) < 4.78 is 36.4. The van der Waals surface area contributed by atoms with Gasteiger partial charge in [0.25, 0.3) is 10.0 Å². The van der Waals surface area contributed by atoms with Gasteiger partial charge in [-0.1, -0.05) is 0 Å². The fraction of sp³-hybridized carbons (Fsp3) is 0.600. The fourth-order valence-electron chi connectivity index (χ4n) is 2.63. The third-order valence-corrected chi connectivity index (χ3v) is 5.91. The lowest BCUT2D eigenvalue weighted by molar-refractivity contribution is -0.00266. The third kappa shape index (κ3) is 3.24. The van der Waals surface area contributed by atoms with Gasteiger partial charge in [0.05, 0.1) is 25.2 Å². The maximum absolute atomic E-state index is 12.8. The lowest BCUT2D eigenvalue weighted by atomic mass is 10.2. The molecule has 0 aromatic carbocycles. The van der Waals surface area contributed by atoms with Gasteiger partial charge in [0.15, 0.2) is 5.03 Å². The quantitative estimate of drug-likeness (QED) is 0.812. The van der Waals surface area contributed by atoms with Gasteiger partial charge in [0, 0.05) is 43.6 Å². The van der Waals surface area contributed by atoms with E-state index in [1.54, 1.807) is 28.0 Å². The van der Waals surface area contributed by atoms with Gasteiger partial charge in [0.2, 0.25) is 0 Å². The Labute approximate surface area is 142 Å².